The number of carboxylic acid groups (broad SMARTS) is 1. The lowest BCUT2D eigenvalue weighted by molar-refractivity contribution is -0.228. The summed E-state index contributed by atoms with van der Waals surface area (Å²) < 4.78 is 1.81. The molecule has 7 nitrogen and oxygen atoms in total. The summed E-state index contributed by atoms with van der Waals surface area (Å²) in [6.45, 7) is 0.757. The zero-order valence-corrected chi connectivity index (χ0v) is 10.2. The SMILES string of the molecule is O=C(O)C12CC(Cn3cc(-c4cn[nH]c4)nn3)(C1)C2. The van der Waals surface area contributed by atoms with Gasteiger partial charge in [0.2, 0.25) is 0 Å². The topological polar surface area (TPSA) is 96.7 Å². The van der Waals surface area contributed by atoms with Gasteiger partial charge in [-0.05, 0) is 24.7 Å². The van der Waals surface area contributed by atoms with Crippen LogP contribution in [0.4, 0.5) is 0 Å². The van der Waals surface area contributed by atoms with Crippen molar-refractivity contribution in [2.75, 3.05) is 0 Å². The fraction of sp³-hybridized carbons (Fsp3) is 0.500. The summed E-state index contributed by atoms with van der Waals surface area (Å²) >= 11 is 0. The normalized spacial score (nSPS) is 31.6. The van der Waals surface area contributed by atoms with Crippen molar-refractivity contribution in [3.05, 3.63) is 18.6 Å². The zero-order chi connectivity index (χ0) is 13.1. The number of carboxylic acids is 1. The summed E-state index contributed by atoms with van der Waals surface area (Å²) in [5.41, 5.74) is 1.41. The summed E-state index contributed by atoms with van der Waals surface area (Å²) in [6.07, 6.45) is 7.69. The Morgan fingerprint density at radius 3 is 2.89 bits per heavy atom. The van der Waals surface area contributed by atoms with E-state index in [9.17, 15) is 4.79 Å². The molecule has 2 aromatic rings. The summed E-state index contributed by atoms with van der Waals surface area (Å²) in [5.74, 6) is -0.646. The highest BCUT2D eigenvalue weighted by molar-refractivity contribution is 5.79. The van der Waals surface area contributed by atoms with E-state index in [2.05, 4.69) is 20.5 Å². The highest BCUT2D eigenvalue weighted by Gasteiger charge is 2.71. The molecule has 3 aliphatic carbocycles. The summed E-state index contributed by atoms with van der Waals surface area (Å²) in [5, 5.41) is 23.9. The number of aliphatic carboxylic acids is 1. The van der Waals surface area contributed by atoms with Crippen LogP contribution in [0.15, 0.2) is 18.6 Å². The Balaban J connectivity index is 1.47. The molecule has 3 fully saturated rings. The second-order valence-electron chi connectivity index (χ2n) is 5.90. The fourth-order valence-corrected chi connectivity index (χ4v) is 3.64. The van der Waals surface area contributed by atoms with Crippen LogP contribution in [0.1, 0.15) is 19.3 Å². The highest BCUT2D eigenvalue weighted by Crippen LogP contribution is 2.73. The quantitative estimate of drug-likeness (QED) is 0.851. The predicted molar refractivity (Wildman–Crippen MR) is 64.0 cm³/mol. The molecule has 0 spiro atoms. The number of aromatic amines is 1. The van der Waals surface area contributed by atoms with E-state index in [-0.39, 0.29) is 5.41 Å². The Morgan fingerprint density at radius 2 is 2.26 bits per heavy atom. The van der Waals surface area contributed by atoms with Gasteiger partial charge in [-0.15, -0.1) is 5.10 Å². The maximum absolute atomic E-state index is 11.1. The maximum atomic E-state index is 11.1. The van der Waals surface area contributed by atoms with Crippen LogP contribution < -0.4 is 0 Å². The predicted octanol–water partition coefficient (Wildman–Crippen LogP) is 0.923. The summed E-state index contributed by atoms with van der Waals surface area (Å²) in [6, 6.07) is 0. The lowest BCUT2D eigenvalue weighted by atomic mass is 9.35. The number of carbonyl (C=O) groups is 1. The van der Waals surface area contributed by atoms with Gasteiger partial charge in [0.15, 0.2) is 0 Å². The number of nitrogens with one attached hydrogen (secondary N) is 1. The minimum Gasteiger partial charge on any atom is -0.481 e. The van der Waals surface area contributed by atoms with E-state index in [0.717, 1.165) is 37.1 Å². The summed E-state index contributed by atoms with van der Waals surface area (Å²) in [4.78, 5) is 11.1. The lowest BCUT2D eigenvalue weighted by Gasteiger charge is -2.68. The van der Waals surface area contributed by atoms with Gasteiger partial charge in [-0.25, -0.2) is 0 Å². The molecule has 5 rings (SSSR count). The molecule has 98 valence electrons. The molecule has 0 atom stereocenters. The monoisotopic (exact) mass is 259 g/mol. The number of rotatable bonds is 4. The van der Waals surface area contributed by atoms with Crippen LogP contribution in [-0.2, 0) is 11.3 Å². The van der Waals surface area contributed by atoms with Crippen molar-refractivity contribution in [3.8, 4) is 11.3 Å². The van der Waals surface area contributed by atoms with E-state index in [1.807, 2.05) is 10.9 Å². The molecule has 0 unspecified atom stereocenters. The molecule has 2 aromatic heterocycles. The zero-order valence-electron chi connectivity index (χ0n) is 10.2. The average molecular weight is 259 g/mol. The Labute approximate surface area is 108 Å². The first-order chi connectivity index (χ1) is 9.11. The Morgan fingerprint density at radius 1 is 1.47 bits per heavy atom. The number of hydrogen-bond acceptors (Lipinski definition) is 4. The lowest BCUT2D eigenvalue weighted by Crippen LogP contribution is -2.66. The molecule has 0 aromatic carbocycles. The van der Waals surface area contributed by atoms with Gasteiger partial charge in [-0.3, -0.25) is 14.6 Å². The molecule has 19 heavy (non-hydrogen) atoms. The first-order valence-electron chi connectivity index (χ1n) is 6.24. The third kappa shape index (κ3) is 1.38. The van der Waals surface area contributed by atoms with Crippen molar-refractivity contribution in [3.63, 3.8) is 0 Å². The third-order valence-electron chi connectivity index (χ3n) is 4.42. The first kappa shape index (κ1) is 10.7. The molecule has 2 bridgehead atoms. The van der Waals surface area contributed by atoms with Gasteiger partial charge in [-0.1, -0.05) is 5.21 Å². The van der Waals surface area contributed by atoms with Crippen molar-refractivity contribution < 1.29 is 9.90 Å². The molecule has 3 aliphatic rings. The van der Waals surface area contributed by atoms with Gasteiger partial charge in [0.1, 0.15) is 5.69 Å². The van der Waals surface area contributed by atoms with Crippen LogP contribution in [0.5, 0.6) is 0 Å². The first-order valence-corrected chi connectivity index (χ1v) is 6.24. The second-order valence-corrected chi connectivity index (χ2v) is 5.90. The fourth-order valence-electron chi connectivity index (χ4n) is 3.64. The smallest absolute Gasteiger partial charge is 0.309 e. The van der Waals surface area contributed by atoms with Crippen molar-refractivity contribution in [2.24, 2.45) is 10.8 Å². The number of aromatic nitrogens is 5. The van der Waals surface area contributed by atoms with Gasteiger partial charge in [0.25, 0.3) is 0 Å². The van der Waals surface area contributed by atoms with Crippen LogP contribution in [0.3, 0.4) is 0 Å². The molecular weight excluding hydrogens is 246 g/mol. The molecule has 0 radical (unpaired) electrons. The van der Waals surface area contributed by atoms with Crippen molar-refractivity contribution >= 4 is 5.97 Å². The van der Waals surface area contributed by atoms with Crippen LogP contribution in [0, 0.1) is 10.8 Å². The minimum atomic E-state index is -0.646. The van der Waals surface area contributed by atoms with Gasteiger partial charge in [0.05, 0.1) is 17.8 Å². The number of H-pyrrole nitrogens is 1. The summed E-state index contributed by atoms with van der Waals surface area (Å²) in [7, 11) is 0. The minimum absolute atomic E-state index is 0.139. The Bertz CT molecular complexity index is 625. The second kappa shape index (κ2) is 3.23. The third-order valence-corrected chi connectivity index (χ3v) is 4.42. The van der Waals surface area contributed by atoms with Gasteiger partial charge in [-0.2, -0.15) is 5.10 Å². The molecule has 0 amide bonds. The van der Waals surface area contributed by atoms with E-state index in [1.165, 1.54) is 0 Å². The average Bonchev–Trinajstić information content (AvgIpc) is 2.91. The van der Waals surface area contributed by atoms with Gasteiger partial charge >= 0.3 is 5.97 Å². The van der Waals surface area contributed by atoms with Crippen LogP contribution >= 0.6 is 0 Å². The van der Waals surface area contributed by atoms with E-state index in [0.29, 0.717) is 0 Å². The van der Waals surface area contributed by atoms with E-state index >= 15 is 0 Å². The molecule has 7 heteroatoms. The molecule has 0 aliphatic heterocycles. The standard InChI is InChI=1S/C12H13N5O2/c18-10(19)12-4-11(5-12,6-12)7-17-3-9(15-16-17)8-1-13-14-2-8/h1-3H,4-7H2,(H,13,14)(H,18,19). The van der Waals surface area contributed by atoms with E-state index in [4.69, 9.17) is 5.11 Å². The molecule has 0 saturated heterocycles. The Kier molecular flexibility index (Phi) is 1.82. The van der Waals surface area contributed by atoms with Crippen molar-refractivity contribution in [2.45, 2.75) is 25.8 Å². The van der Waals surface area contributed by atoms with Crippen LogP contribution in [0.2, 0.25) is 0 Å². The molecule has 2 N–H and O–H groups in total. The van der Waals surface area contributed by atoms with Crippen LogP contribution in [-0.4, -0.2) is 36.3 Å². The molecule has 3 saturated carbocycles. The van der Waals surface area contributed by atoms with Crippen LogP contribution in [0.25, 0.3) is 11.3 Å². The highest BCUT2D eigenvalue weighted by atomic mass is 16.4. The maximum Gasteiger partial charge on any atom is 0.309 e. The largest absolute Gasteiger partial charge is 0.481 e. The number of hydrogen-bond donors (Lipinski definition) is 2. The van der Waals surface area contributed by atoms with Gasteiger partial charge in [0, 0.05) is 18.3 Å². The van der Waals surface area contributed by atoms with Crippen molar-refractivity contribution in [1.82, 2.24) is 25.2 Å². The van der Waals surface area contributed by atoms with E-state index < -0.39 is 11.4 Å². The number of nitrogens with zero attached hydrogens (tertiary/aromatic N) is 4. The molecule has 2 heterocycles. The van der Waals surface area contributed by atoms with Gasteiger partial charge < -0.3 is 5.11 Å². The Hall–Kier alpha value is -2.18. The molecular formula is C12H13N5O2. The van der Waals surface area contributed by atoms with Crippen molar-refractivity contribution in [1.29, 1.82) is 0 Å². The van der Waals surface area contributed by atoms with E-state index in [1.54, 1.807) is 12.4 Å².